The number of rotatable bonds is 3. The fraction of sp³-hybridized carbons (Fsp3) is 0.222. The second-order valence-corrected chi connectivity index (χ2v) is 4.04. The van der Waals surface area contributed by atoms with E-state index in [1.807, 2.05) is 18.2 Å². The molecule has 0 atom stereocenters. The van der Waals surface area contributed by atoms with Gasteiger partial charge in [0, 0.05) is 9.80 Å². The van der Waals surface area contributed by atoms with Crippen LogP contribution in [0.5, 0.6) is 0 Å². The number of benzene rings is 1. The first-order valence-corrected chi connectivity index (χ1v) is 5.60. The second kappa shape index (κ2) is 4.77. The van der Waals surface area contributed by atoms with Crippen LogP contribution in [0.4, 0.5) is 0 Å². The van der Waals surface area contributed by atoms with Gasteiger partial charge in [-0.15, -0.1) is 0 Å². The number of aliphatic carboxylic acids is 1. The Balaban J connectivity index is 2.96. The van der Waals surface area contributed by atoms with E-state index in [2.05, 4.69) is 31.9 Å². The van der Waals surface area contributed by atoms with Gasteiger partial charge in [-0.3, -0.25) is 4.79 Å². The molecule has 0 bridgehead atoms. The summed E-state index contributed by atoms with van der Waals surface area (Å²) in [6.07, 6.45) is 0.0570. The van der Waals surface area contributed by atoms with Crippen LogP contribution in [0.15, 0.2) is 22.7 Å². The van der Waals surface area contributed by atoms with Crippen LogP contribution in [0.1, 0.15) is 11.1 Å². The van der Waals surface area contributed by atoms with Crippen LogP contribution in [-0.2, 0) is 16.5 Å². The maximum absolute atomic E-state index is 10.5. The van der Waals surface area contributed by atoms with E-state index in [-0.39, 0.29) is 6.42 Å². The lowest BCUT2D eigenvalue weighted by Gasteiger charge is -2.03. The summed E-state index contributed by atoms with van der Waals surface area (Å²) < 4.78 is 0.847. The SMILES string of the molecule is O=C(O)Cc1cc(CBr)ccc1Br. The molecule has 13 heavy (non-hydrogen) atoms. The van der Waals surface area contributed by atoms with Gasteiger partial charge in [-0.25, -0.2) is 0 Å². The average Bonchev–Trinajstić information content (AvgIpc) is 2.08. The third kappa shape index (κ3) is 3.12. The fourth-order valence-corrected chi connectivity index (χ4v) is 1.75. The molecule has 0 amide bonds. The molecule has 0 fully saturated rings. The molecule has 0 unspecified atom stereocenters. The molecule has 0 saturated carbocycles. The highest BCUT2D eigenvalue weighted by molar-refractivity contribution is 9.10. The van der Waals surface area contributed by atoms with Crippen LogP contribution in [0.2, 0.25) is 0 Å². The zero-order valence-corrected chi connectivity index (χ0v) is 9.93. The molecule has 1 aromatic carbocycles. The third-order valence-electron chi connectivity index (χ3n) is 1.61. The Morgan fingerprint density at radius 3 is 2.69 bits per heavy atom. The van der Waals surface area contributed by atoms with Crippen LogP contribution >= 0.6 is 31.9 Å². The summed E-state index contributed by atoms with van der Waals surface area (Å²) in [6.45, 7) is 0. The van der Waals surface area contributed by atoms with Gasteiger partial charge < -0.3 is 5.11 Å². The number of carbonyl (C=O) groups is 1. The van der Waals surface area contributed by atoms with E-state index in [4.69, 9.17) is 5.11 Å². The molecule has 0 saturated heterocycles. The highest BCUT2D eigenvalue weighted by Crippen LogP contribution is 2.20. The lowest BCUT2D eigenvalue weighted by Crippen LogP contribution is -2.01. The van der Waals surface area contributed by atoms with Crippen LogP contribution in [-0.4, -0.2) is 11.1 Å². The van der Waals surface area contributed by atoms with Gasteiger partial charge in [0.2, 0.25) is 0 Å². The molecule has 0 spiro atoms. The highest BCUT2D eigenvalue weighted by Gasteiger charge is 2.05. The molecule has 70 valence electrons. The summed E-state index contributed by atoms with van der Waals surface area (Å²) in [4.78, 5) is 10.5. The van der Waals surface area contributed by atoms with Crippen LogP contribution in [0.3, 0.4) is 0 Å². The Morgan fingerprint density at radius 1 is 1.46 bits per heavy atom. The fourth-order valence-electron chi connectivity index (χ4n) is 1.01. The molecule has 0 radical (unpaired) electrons. The second-order valence-electron chi connectivity index (χ2n) is 2.63. The lowest BCUT2D eigenvalue weighted by molar-refractivity contribution is -0.136. The van der Waals surface area contributed by atoms with Gasteiger partial charge in [-0.05, 0) is 17.2 Å². The normalized spacial score (nSPS) is 10.0. The Labute approximate surface area is 93.2 Å². The quantitative estimate of drug-likeness (QED) is 0.872. The zero-order chi connectivity index (χ0) is 9.84. The van der Waals surface area contributed by atoms with Crippen molar-refractivity contribution in [3.63, 3.8) is 0 Å². The Hall–Kier alpha value is -0.350. The van der Waals surface area contributed by atoms with Crippen molar-refractivity contribution in [2.75, 3.05) is 0 Å². The van der Waals surface area contributed by atoms with Crippen molar-refractivity contribution in [3.8, 4) is 0 Å². The monoisotopic (exact) mass is 306 g/mol. The van der Waals surface area contributed by atoms with Crippen LogP contribution in [0, 0.1) is 0 Å². The minimum atomic E-state index is -0.813. The molecular formula is C9H8Br2O2. The molecule has 1 N–H and O–H groups in total. The molecule has 1 rings (SSSR count). The maximum atomic E-state index is 10.5. The predicted molar refractivity (Wildman–Crippen MR) is 58.1 cm³/mol. The van der Waals surface area contributed by atoms with Gasteiger partial charge in [-0.2, -0.15) is 0 Å². The molecule has 0 aliphatic carbocycles. The minimum absolute atomic E-state index is 0.0570. The lowest BCUT2D eigenvalue weighted by atomic mass is 10.1. The number of hydrogen-bond donors (Lipinski definition) is 1. The van der Waals surface area contributed by atoms with Gasteiger partial charge in [0.05, 0.1) is 6.42 Å². The molecule has 0 heterocycles. The van der Waals surface area contributed by atoms with Gasteiger partial charge in [0.25, 0.3) is 0 Å². The van der Waals surface area contributed by atoms with Crippen molar-refractivity contribution in [3.05, 3.63) is 33.8 Å². The van der Waals surface area contributed by atoms with Crippen molar-refractivity contribution in [1.82, 2.24) is 0 Å². The van der Waals surface area contributed by atoms with E-state index in [1.54, 1.807) is 0 Å². The molecule has 1 aromatic rings. The molecular weight excluding hydrogens is 300 g/mol. The number of carboxylic acid groups (broad SMARTS) is 1. The molecule has 2 nitrogen and oxygen atoms in total. The number of carboxylic acids is 1. The maximum Gasteiger partial charge on any atom is 0.307 e. The first-order chi connectivity index (χ1) is 6.13. The number of halogens is 2. The van der Waals surface area contributed by atoms with Crippen LogP contribution in [0.25, 0.3) is 0 Å². The molecule has 4 heteroatoms. The van der Waals surface area contributed by atoms with Crippen molar-refractivity contribution in [2.24, 2.45) is 0 Å². The summed E-state index contributed by atoms with van der Waals surface area (Å²) in [7, 11) is 0. The summed E-state index contributed by atoms with van der Waals surface area (Å²) in [5, 5.41) is 9.37. The Kier molecular flexibility index (Phi) is 3.93. The standard InChI is InChI=1S/C9H8Br2O2/c10-5-6-1-2-8(11)7(3-6)4-9(12)13/h1-3H,4-5H2,(H,12,13). The van der Waals surface area contributed by atoms with Gasteiger partial charge in [0.15, 0.2) is 0 Å². The third-order valence-corrected chi connectivity index (χ3v) is 3.03. The molecule has 0 aromatic heterocycles. The van der Waals surface area contributed by atoms with E-state index >= 15 is 0 Å². The van der Waals surface area contributed by atoms with E-state index in [9.17, 15) is 4.79 Å². The molecule has 0 aliphatic heterocycles. The van der Waals surface area contributed by atoms with Crippen molar-refractivity contribution >= 4 is 37.8 Å². The average molecular weight is 308 g/mol. The first-order valence-electron chi connectivity index (χ1n) is 3.68. The van der Waals surface area contributed by atoms with Crippen LogP contribution < -0.4 is 0 Å². The number of hydrogen-bond acceptors (Lipinski definition) is 1. The molecule has 0 aliphatic rings. The van der Waals surface area contributed by atoms with E-state index in [0.29, 0.717) is 0 Å². The van der Waals surface area contributed by atoms with Crippen molar-refractivity contribution < 1.29 is 9.90 Å². The Bertz CT molecular complexity index is 323. The number of alkyl halides is 1. The van der Waals surface area contributed by atoms with Gasteiger partial charge >= 0.3 is 5.97 Å². The summed E-state index contributed by atoms with van der Waals surface area (Å²) in [5.41, 5.74) is 1.89. The van der Waals surface area contributed by atoms with Crippen molar-refractivity contribution in [2.45, 2.75) is 11.8 Å². The smallest absolute Gasteiger partial charge is 0.307 e. The van der Waals surface area contributed by atoms with Gasteiger partial charge in [-0.1, -0.05) is 44.0 Å². The van der Waals surface area contributed by atoms with E-state index in [0.717, 1.165) is 20.9 Å². The first kappa shape index (κ1) is 10.7. The largest absolute Gasteiger partial charge is 0.481 e. The van der Waals surface area contributed by atoms with Crippen molar-refractivity contribution in [1.29, 1.82) is 0 Å². The highest BCUT2D eigenvalue weighted by atomic mass is 79.9. The van der Waals surface area contributed by atoms with Gasteiger partial charge in [0.1, 0.15) is 0 Å². The summed E-state index contributed by atoms with van der Waals surface area (Å²) in [6, 6.07) is 5.70. The predicted octanol–water partition coefficient (Wildman–Crippen LogP) is 2.97. The summed E-state index contributed by atoms with van der Waals surface area (Å²) in [5.74, 6) is -0.813. The van der Waals surface area contributed by atoms with E-state index in [1.165, 1.54) is 0 Å². The zero-order valence-electron chi connectivity index (χ0n) is 6.76. The summed E-state index contributed by atoms with van der Waals surface area (Å²) >= 11 is 6.63. The minimum Gasteiger partial charge on any atom is -0.481 e. The van der Waals surface area contributed by atoms with E-state index < -0.39 is 5.97 Å². The Morgan fingerprint density at radius 2 is 2.15 bits per heavy atom. The topological polar surface area (TPSA) is 37.3 Å².